The van der Waals surface area contributed by atoms with Gasteiger partial charge in [-0.3, -0.25) is 4.90 Å². The van der Waals surface area contributed by atoms with Gasteiger partial charge in [0.1, 0.15) is 0 Å². The predicted molar refractivity (Wildman–Crippen MR) is 78.0 cm³/mol. The summed E-state index contributed by atoms with van der Waals surface area (Å²) in [4.78, 5) is 2.39. The highest BCUT2D eigenvalue weighted by Gasteiger charge is 2.33. The minimum atomic E-state index is -0.0380. The van der Waals surface area contributed by atoms with E-state index in [1.807, 2.05) is 6.07 Å². The van der Waals surface area contributed by atoms with Gasteiger partial charge in [0.25, 0.3) is 0 Å². The van der Waals surface area contributed by atoms with E-state index in [4.69, 9.17) is 0 Å². The quantitative estimate of drug-likeness (QED) is 0.666. The van der Waals surface area contributed by atoms with Crippen LogP contribution in [0.15, 0.2) is 30.3 Å². The van der Waals surface area contributed by atoms with Gasteiger partial charge in [-0.05, 0) is 48.2 Å². The summed E-state index contributed by atoms with van der Waals surface area (Å²) in [5.74, 6) is -0.0217. The normalized spacial score (nSPS) is 19.4. The molecule has 0 saturated heterocycles. The van der Waals surface area contributed by atoms with E-state index < -0.39 is 0 Å². The summed E-state index contributed by atoms with van der Waals surface area (Å²) in [5.41, 5.74) is 5.71. The van der Waals surface area contributed by atoms with Crippen LogP contribution in [-0.4, -0.2) is 28.7 Å². The second-order valence-corrected chi connectivity index (χ2v) is 5.80. The molecule has 110 valence electrons. The second kappa shape index (κ2) is 4.93. The molecule has 1 aliphatic heterocycles. The molecule has 0 radical (unpaired) electrons. The summed E-state index contributed by atoms with van der Waals surface area (Å²) in [6.07, 6.45) is 1.94. The van der Waals surface area contributed by atoms with Crippen LogP contribution in [0.2, 0.25) is 0 Å². The van der Waals surface area contributed by atoms with Gasteiger partial charge in [-0.2, -0.15) is 0 Å². The van der Waals surface area contributed by atoms with E-state index in [0.717, 1.165) is 36.1 Å². The van der Waals surface area contributed by atoms with Crippen molar-refractivity contribution in [2.75, 3.05) is 13.6 Å². The molecule has 0 unspecified atom stereocenters. The van der Waals surface area contributed by atoms with Crippen molar-refractivity contribution in [2.24, 2.45) is 0 Å². The van der Waals surface area contributed by atoms with Gasteiger partial charge in [0.2, 0.25) is 0 Å². The Balaban J connectivity index is 0.00000132. The molecule has 2 aromatic rings. The van der Waals surface area contributed by atoms with Crippen molar-refractivity contribution in [2.45, 2.75) is 18.9 Å². The molecular weight excluding hydrogens is 286 g/mol. The number of hydrogen-bond acceptors (Lipinski definition) is 3. The summed E-state index contributed by atoms with van der Waals surface area (Å²) in [6.45, 7) is 1.07. The first-order chi connectivity index (χ1) is 9.66. The summed E-state index contributed by atoms with van der Waals surface area (Å²) in [6, 6.07) is 10.2. The van der Waals surface area contributed by atoms with Crippen LogP contribution in [0.5, 0.6) is 11.5 Å². The van der Waals surface area contributed by atoms with E-state index in [1.54, 1.807) is 6.07 Å². The molecule has 0 amide bonds. The van der Waals surface area contributed by atoms with Gasteiger partial charge < -0.3 is 22.6 Å². The van der Waals surface area contributed by atoms with Crippen LogP contribution in [0.1, 0.15) is 22.7 Å². The van der Waals surface area contributed by atoms with Crippen molar-refractivity contribution in [3.8, 4) is 22.6 Å². The lowest BCUT2D eigenvalue weighted by Gasteiger charge is -2.39. The Labute approximate surface area is 130 Å². The van der Waals surface area contributed by atoms with Gasteiger partial charge >= 0.3 is 0 Å². The first-order valence-electron chi connectivity index (χ1n) is 7.03. The molecule has 0 bridgehead atoms. The molecule has 0 fully saturated rings. The van der Waals surface area contributed by atoms with Crippen LogP contribution in [0, 0.1) is 0 Å². The summed E-state index contributed by atoms with van der Waals surface area (Å²) in [7, 11) is 2.16. The van der Waals surface area contributed by atoms with Gasteiger partial charge in [0.05, 0.1) is 0 Å². The van der Waals surface area contributed by atoms with Crippen LogP contribution in [0.4, 0.5) is 0 Å². The average Bonchev–Trinajstić information content (AvgIpc) is 2.46. The molecule has 0 spiro atoms. The molecular formula is C17H17ClNO2-. The van der Waals surface area contributed by atoms with Crippen molar-refractivity contribution in [3.63, 3.8) is 0 Å². The Kier molecular flexibility index (Phi) is 3.34. The molecule has 2 N–H and O–H groups in total. The summed E-state index contributed by atoms with van der Waals surface area (Å²) in [5, 5.41) is 20.1. The van der Waals surface area contributed by atoms with Crippen molar-refractivity contribution < 1.29 is 22.6 Å². The molecule has 4 heteroatoms. The zero-order valence-corrected chi connectivity index (χ0v) is 12.6. The molecule has 1 heterocycles. The van der Waals surface area contributed by atoms with Gasteiger partial charge in [0.15, 0.2) is 11.5 Å². The smallest absolute Gasteiger partial charge is 0.165 e. The maximum atomic E-state index is 10.3. The van der Waals surface area contributed by atoms with Crippen LogP contribution >= 0.6 is 0 Å². The van der Waals surface area contributed by atoms with Crippen LogP contribution in [0.25, 0.3) is 11.1 Å². The van der Waals surface area contributed by atoms with E-state index >= 15 is 0 Å². The highest BCUT2D eigenvalue weighted by Crippen LogP contribution is 2.49. The van der Waals surface area contributed by atoms with Gasteiger partial charge in [-0.25, -0.2) is 0 Å². The van der Waals surface area contributed by atoms with Crippen molar-refractivity contribution in [1.82, 2.24) is 4.90 Å². The fourth-order valence-corrected chi connectivity index (χ4v) is 3.67. The molecule has 21 heavy (non-hydrogen) atoms. The molecule has 0 saturated carbocycles. The highest BCUT2D eigenvalue weighted by atomic mass is 35.5. The largest absolute Gasteiger partial charge is 1.00 e. The lowest BCUT2D eigenvalue weighted by molar-refractivity contribution is -0.00000573. The number of benzene rings is 2. The standard InChI is InChI=1S/C17H17NO2.ClH/c1-18-8-7-10-3-2-4-12-15(10)13(18)9-11-5-6-14(19)17(20)16(11)12;/h2-6,13,19-20H,7-9H2,1H3;1H/p-1/t13-;/m1./s1. The van der Waals surface area contributed by atoms with Crippen molar-refractivity contribution in [3.05, 3.63) is 47.0 Å². The van der Waals surface area contributed by atoms with E-state index in [-0.39, 0.29) is 23.9 Å². The van der Waals surface area contributed by atoms with E-state index in [1.165, 1.54) is 11.1 Å². The third kappa shape index (κ3) is 1.92. The third-order valence-corrected chi connectivity index (χ3v) is 4.72. The monoisotopic (exact) mass is 302 g/mol. The van der Waals surface area contributed by atoms with Crippen LogP contribution in [-0.2, 0) is 12.8 Å². The fraction of sp³-hybridized carbons (Fsp3) is 0.294. The van der Waals surface area contributed by atoms with Crippen molar-refractivity contribution >= 4 is 0 Å². The summed E-state index contributed by atoms with van der Waals surface area (Å²) < 4.78 is 0. The molecule has 2 aliphatic rings. The fourth-order valence-electron chi connectivity index (χ4n) is 3.67. The van der Waals surface area contributed by atoms with E-state index in [9.17, 15) is 10.2 Å². The number of aromatic hydroxyl groups is 2. The number of likely N-dealkylation sites (N-methyl/N-ethyl adjacent to an activating group) is 1. The third-order valence-electron chi connectivity index (χ3n) is 4.72. The van der Waals surface area contributed by atoms with Crippen molar-refractivity contribution in [1.29, 1.82) is 0 Å². The van der Waals surface area contributed by atoms with E-state index in [2.05, 4.69) is 30.1 Å². The Bertz CT molecular complexity index is 714. The zero-order valence-electron chi connectivity index (χ0n) is 11.8. The lowest BCUT2D eigenvalue weighted by Crippen LogP contribution is -3.00. The van der Waals surface area contributed by atoms with Gasteiger partial charge in [-0.1, -0.05) is 24.3 Å². The van der Waals surface area contributed by atoms with E-state index in [0.29, 0.717) is 6.04 Å². The second-order valence-electron chi connectivity index (χ2n) is 5.80. The lowest BCUT2D eigenvalue weighted by atomic mass is 9.77. The maximum absolute atomic E-state index is 10.3. The Morgan fingerprint density at radius 2 is 1.90 bits per heavy atom. The number of fused-ring (bicyclic) bond motifs is 2. The first-order valence-corrected chi connectivity index (χ1v) is 7.03. The molecule has 0 aromatic heterocycles. The number of hydrogen-bond donors (Lipinski definition) is 2. The van der Waals surface area contributed by atoms with Crippen LogP contribution in [0.3, 0.4) is 0 Å². The molecule has 1 atom stereocenters. The van der Waals surface area contributed by atoms with Crippen LogP contribution < -0.4 is 12.4 Å². The number of nitrogens with zero attached hydrogens (tertiary/aromatic N) is 1. The summed E-state index contributed by atoms with van der Waals surface area (Å²) >= 11 is 0. The maximum Gasteiger partial charge on any atom is 0.165 e. The predicted octanol–water partition coefficient (Wildman–Crippen LogP) is -0.146. The number of phenols is 2. The number of halogens is 1. The molecule has 2 aromatic carbocycles. The SMILES string of the molecule is CN1CCc2cccc3c2[C@H]1Cc1ccc(O)c(O)c1-3.[Cl-]. The highest BCUT2D eigenvalue weighted by molar-refractivity contribution is 5.82. The molecule has 1 aliphatic carbocycles. The number of rotatable bonds is 0. The van der Waals surface area contributed by atoms with Gasteiger partial charge in [0, 0.05) is 18.2 Å². The van der Waals surface area contributed by atoms with Gasteiger partial charge in [-0.15, -0.1) is 0 Å². The zero-order chi connectivity index (χ0) is 13.9. The molecule has 4 rings (SSSR count). The topological polar surface area (TPSA) is 43.7 Å². The average molecular weight is 303 g/mol. The Hall–Kier alpha value is -1.71. The Morgan fingerprint density at radius 1 is 1.10 bits per heavy atom. The first kappa shape index (κ1) is 14.2. The minimum Gasteiger partial charge on any atom is -1.00 e. The Morgan fingerprint density at radius 3 is 2.71 bits per heavy atom. The number of phenolic OH excluding ortho intramolecular Hbond substituents is 2. The minimum absolute atomic E-state index is 0. The molecule has 3 nitrogen and oxygen atoms in total.